The molecule has 0 amide bonds. The van der Waals surface area contributed by atoms with Gasteiger partial charge in [0, 0.05) is 38.6 Å². The van der Waals surface area contributed by atoms with E-state index in [1.807, 2.05) is 0 Å². The van der Waals surface area contributed by atoms with Gasteiger partial charge in [-0.2, -0.15) is 0 Å². The molecule has 0 atom stereocenters. The van der Waals surface area contributed by atoms with Gasteiger partial charge in [-0.1, -0.05) is 159 Å². The SMILES string of the molecule is CC1(C)c2ccccc2-c2ccc(N(c3ccc(-c4ccccc4)cc3)c3ccc(-c4ccc5c(c4)c4ccccc4n5-c4cccc5ccccc45)cc3)cc21. The Bertz CT molecular complexity index is 3130. The molecule has 1 aliphatic carbocycles. The molecule has 0 aliphatic heterocycles. The van der Waals surface area contributed by atoms with Gasteiger partial charge in [-0.25, -0.2) is 0 Å². The fraction of sp³-hybridized carbons (Fsp3) is 0.0545. The van der Waals surface area contributed by atoms with Crippen molar-refractivity contribution in [3.8, 4) is 39.1 Å². The summed E-state index contributed by atoms with van der Waals surface area (Å²) in [5.74, 6) is 0. The Morgan fingerprint density at radius 3 is 1.72 bits per heavy atom. The van der Waals surface area contributed by atoms with Crippen LogP contribution in [0.5, 0.6) is 0 Å². The van der Waals surface area contributed by atoms with Crippen molar-refractivity contribution in [3.05, 3.63) is 217 Å². The van der Waals surface area contributed by atoms with E-state index in [9.17, 15) is 0 Å². The van der Waals surface area contributed by atoms with Crippen molar-refractivity contribution in [3.63, 3.8) is 0 Å². The van der Waals surface area contributed by atoms with Gasteiger partial charge < -0.3 is 9.47 Å². The second kappa shape index (κ2) is 13.0. The van der Waals surface area contributed by atoms with Gasteiger partial charge in [0.2, 0.25) is 0 Å². The predicted molar refractivity (Wildman–Crippen MR) is 241 cm³/mol. The van der Waals surface area contributed by atoms with Crippen LogP contribution < -0.4 is 4.90 Å². The van der Waals surface area contributed by atoms with Gasteiger partial charge in [0.1, 0.15) is 0 Å². The van der Waals surface area contributed by atoms with Crippen molar-refractivity contribution in [2.75, 3.05) is 4.90 Å². The van der Waals surface area contributed by atoms with Crippen LogP contribution in [-0.2, 0) is 5.41 Å². The number of nitrogens with zero attached hydrogens (tertiary/aromatic N) is 2. The highest BCUT2D eigenvalue weighted by Crippen LogP contribution is 2.51. The first-order valence-corrected chi connectivity index (χ1v) is 19.8. The summed E-state index contributed by atoms with van der Waals surface area (Å²) in [6.45, 7) is 4.71. The number of hydrogen-bond donors (Lipinski definition) is 0. The van der Waals surface area contributed by atoms with Gasteiger partial charge in [-0.3, -0.25) is 0 Å². The van der Waals surface area contributed by atoms with Crippen LogP contribution in [0.15, 0.2) is 206 Å². The van der Waals surface area contributed by atoms with Gasteiger partial charge in [0.05, 0.1) is 16.7 Å². The summed E-state index contributed by atoms with van der Waals surface area (Å²) in [5.41, 5.74) is 17.1. The maximum Gasteiger partial charge on any atom is 0.0541 e. The minimum Gasteiger partial charge on any atom is -0.310 e. The fourth-order valence-electron chi connectivity index (χ4n) is 9.33. The van der Waals surface area contributed by atoms with Crippen LogP contribution in [0.1, 0.15) is 25.0 Å². The first-order chi connectivity index (χ1) is 28.0. The first-order valence-electron chi connectivity index (χ1n) is 19.8. The third kappa shape index (κ3) is 5.33. The second-order valence-electron chi connectivity index (χ2n) is 15.8. The van der Waals surface area contributed by atoms with E-state index in [0.717, 1.165) is 17.1 Å². The van der Waals surface area contributed by atoms with E-state index in [2.05, 4.69) is 230 Å². The molecule has 270 valence electrons. The lowest BCUT2D eigenvalue weighted by atomic mass is 9.82. The molecule has 0 N–H and O–H groups in total. The molecular weight excluding hydrogens is 689 g/mol. The quantitative estimate of drug-likeness (QED) is 0.165. The lowest BCUT2D eigenvalue weighted by Gasteiger charge is -2.28. The number of fused-ring (bicyclic) bond motifs is 7. The summed E-state index contributed by atoms with van der Waals surface area (Å²) in [6, 6.07) is 75.6. The molecule has 11 rings (SSSR count). The third-order valence-corrected chi connectivity index (χ3v) is 12.2. The van der Waals surface area contributed by atoms with Crippen LogP contribution in [0.3, 0.4) is 0 Å². The van der Waals surface area contributed by atoms with E-state index in [0.29, 0.717) is 0 Å². The summed E-state index contributed by atoms with van der Waals surface area (Å²) in [4.78, 5) is 2.40. The van der Waals surface area contributed by atoms with E-state index in [-0.39, 0.29) is 5.41 Å². The first kappa shape index (κ1) is 33.2. The standard InChI is InChI=1S/C55H40N2/c1-55(2)50-20-10-8-18-46(50)47-33-32-44(36-51(47)55)56(42-28-23-38(24-29-42)37-13-4-3-5-14-37)43-30-25-39(26-31-43)41-27-34-54-49(35-41)48-19-9-11-21-53(48)57(54)52-22-12-16-40-15-6-7-17-45(40)52/h3-36H,1-2H3. The van der Waals surface area contributed by atoms with Crippen molar-refractivity contribution in [1.29, 1.82) is 0 Å². The van der Waals surface area contributed by atoms with E-state index in [1.54, 1.807) is 0 Å². The molecule has 0 saturated carbocycles. The smallest absolute Gasteiger partial charge is 0.0541 e. The maximum atomic E-state index is 2.43. The molecule has 0 fully saturated rings. The average Bonchev–Trinajstić information content (AvgIpc) is 3.72. The Morgan fingerprint density at radius 1 is 0.368 bits per heavy atom. The molecule has 0 bridgehead atoms. The molecule has 0 radical (unpaired) electrons. The van der Waals surface area contributed by atoms with E-state index in [4.69, 9.17) is 0 Å². The highest BCUT2D eigenvalue weighted by Gasteiger charge is 2.35. The van der Waals surface area contributed by atoms with Crippen molar-refractivity contribution < 1.29 is 0 Å². The Morgan fingerprint density at radius 2 is 0.930 bits per heavy atom. The summed E-state index contributed by atoms with van der Waals surface area (Å²) in [7, 11) is 0. The molecule has 1 aliphatic rings. The molecule has 57 heavy (non-hydrogen) atoms. The molecular formula is C55H40N2. The van der Waals surface area contributed by atoms with E-state index >= 15 is 0 Å². The number of para-hydroxylation sites is 1. The molecule has 2 heteroatoms. The van der Waals surface area contributed by atoms with E-state index < -0.39 is 0 Å². The number of benzene rings is 9. The van der Waals surface area contributed by atoms with Crippen molar-refractivity contribution in [1.82, 2.24) is 4.57 Å². The van der Waals surface area contributed by atoms with Crippen molar-refractivity contribution in [2.45, 2.75) is 19.3 Å². The molecule has 10 aromatic rings. The van der Waals surface area contributed by atoms with Crippen LogP contribution >= 0.6 is 0 Å². The zero-order valence-corrected chi connectivity index (χ0v) is 32.0. The van der Waals surface area contributed by atoms with Gasteiger partial charge in [-0.15, -0.1) is 0 Å². The second-order valence-corrected chi connectivity index (χ2v) is 15.8. The lowest BCUT2D eigenvalue weighted by molar-refractivity contribution is 0.660. The fourth-order valence-corrected chi connectivity index (χ4v) is 9.33. The monoisotopic (exact) mass is 728 g/mol. The van der Waals surface area contributed by atoms with Crippen LogP contribution in [0.25, 0.3) is 71.6 Å². The maximum absolute atomic E-state index is 2.43. The minimum atomic E-state index is -0.0932. The van der Waals surface area contributed by atoms with Gasteiger partial charge in [0.15, 0.2) is 0 Å². The topological polar surface area (TPSA) is 8.17 Å². The highest BCUT2D eigenvalue weighted by atomic mass is 15.1. The molecule has 9 aromatic carbocycles. The molecule has 0 unspecified atom stereocenters. The number of hydrogen-bond acceptors (Lipinski definition) is 1. The Kier molecular flexibility index (Phi) is 7.55. The highest BCUT2D eigenvalue weighted by molar-refractivity contribution is 6.11. The summed E-state index contributed by atoms with van der Waals surface area (Å²) in [5, 5.41) is 5.00. The zero-order valence-electron chi connectivity index (χ0n) is 32.0. The van der Waals surface area contributed by atoms with Gasteiger partial charge in [-0.05, 0) is 111 Å². The summed E-state index contributed by atoms with van der Waals surface area (Å²) >= 11 is 0. The lowest BCUT2D eigenvalue weighted by Crippen LogP contribution is -2.16. The molecule has 1 aromatic heterocycles. The Balaban J connectivity index is 1.01. The van der Waals surface area contributed by atoms with Crippen LogP contribution in [0.2, 0.25) is 0 Å². The van der Waals surface area contributed by atoms with E-state index in [1.165, 1.54) is 82.8 Å². The average molecular weight is 729 g/mol. The summed E-state index contributed by atoms with van der Waals surface area (Å²) in [6.07, 6.45) is 0. The van der Waals surface area contributed by atoms with Gasteiger partial charge >= 0.3 is 0 Å². The Labute approximate surface area is 333 Å². The molecule has 2 nitrogen and oxygen atoms in total. The van der Waals surface area contributed by atoms with Crippen molar-refractivity contribution >= 4 is 49.6 Å². The molecule has 0 spiro atoms. The third-order valence-electron chi connectivity index (χ3n) is 12.2. The molecule has 1 heterocycles. The number of aromatic nitrogens is 1. The van der Waals surface area contributed by atoms with Crippen LogP contribution in [0, 0.1) is 0 Å². The summed E-state index contributed by atoms with van der Waals surface area (Å²) < 4.78 is 2.43. The number of rotatable bonds is 6. The Hall–Kier alpha value is -7.16. The van der Waals surface area contributed by atoms with Crippen LogP contribution in [0.4, 0.5) is 17.1 Å². The number of anilines is 3. The van der Waals surface area contributed by atoms with Crippen LogP contribution in [-0.4, -0.2) is 4.57 Å². The predicted octanol–water partition coefficient (Wildman–Crippen LogP) is 15.0. The van der Waals surface area contributed by atoms with Gasteiger partial charge in [0.25, 0.3) is 0 Å². The normalized spacial score (nSPS) is 12.9. The largest absolute Gasteiger partial charge is 0.310 e. The van der Waals surface area contributed by atoms with Crippen molar-refractivity contribution in [2.24, 2.45) is 0 Å². The zero-order chi connectivity index (χ0) is 38.1. The molecule has 0 saturated heterocycles. The minimum absolute atomic E-state index is 0.0932.